The SMILES string of the molecule is CCCCCCNc1cc(Cl)ccc1N(C)C. The summed E-state index contributed by atoms with van der Waals surface area (Å²) >= 11 is 6.03. The van der Waals surface area contributed by atoms with Gasteiger partial charge in [0.25, 0.3) is 0 Å². The van der Waals surface area contributed by atoms with Gasteiger partial charge in [0.2, 0.25) is 0 Å². The van der Waals surface area contributed by atoms with E-state index in [9.17, 15) is 0 Å². The molecule has 0 saturated carbocycles. The molecule has 1 aromatic carbocycles. The topological polar surface area (TPSA) is 15.3 Å². The zero-order valence-electron chi connectivity index (χ0n) is 11.1. The second-order valence-corrected chi connectivity index (χ2v) is 4.98. The molecule has 17 heavy (non-hydrogen) atoms. The summed E-state index contributed by atoms with van der Waals surface area (Å²) in [5.41, 5.74) is 2.31. The largest absolute Gasteiger partial charge is 0.383 e. The van der Waals surface area contributed by atoms with E-state index < -0.39 is 0 Å². The van der Waals surface area contributed by atoms with Crippen molar-refractivity contribution in [1.29, 1.82) is 0 Å². The highest BCUT2D eigenvalue weighted by Crippen LogP contribution is 2.27. The summed E-state index contributed by atoms with van der Waals surface area (Å²) < 4.78 is 0. The Morgan fingerprint density at radius 1 is 1.18 bits per heavy atom. The fraction of sp³-hybridized carbons (Fsp3) is 0.571. The van der Waals surface area contributed by atoms with Gasteiger partial charge < -0.3 is 10.2 Å². The molecule has 1 aromatic rings. The molecular weight excluding hydrogens is 232 g/mol. The Hall–Kier alpha value is -0.890. The van der Waals surface area contributed by atoms with Crippen LogP contribution in [0.1, 0.15) is 32.6 Å². The Kier molecular flexibility index (Phi) is 6.20. The van der Waals surface area contributed by atoms with Crippen LogP contribution in [0.15, 0.2) is 18.2 Å². The van der Waals surface area contributed by atoms with Gasteiger partial charge in [0.1, 0.15) is 0 Å². The van der Waals surface area contributed by atoms with Crippen molar-refractivity contribution < 1.29 is 0 Å². The molecule has 0 aromatic heterocycles. The van der Waals surface area contributed by atoms with Crippen molar-refractivity contribution in [2.24, 2.45) is 0 Å². The minimum atomic E-state index is 0.784. The van der Waals surface area contributed by atoms with E-state index in [1.165, 1.54) is 31.4 Å². The molecule has 2 nitrogen and oxygen atoms in total. The van der Waals surface area contributed by atoms with Crippen LogP contribution in [0.25, 0.3) is 0 Å². The van der Waals surface area contributed by atoms with Crippen LogP contribution in [0.5, 0.6) is 0 Å². The maximum Gasteiger partial charge on any atom is 0.0597 e. The maximum atomic E-state index is 6.03. The van der Waals surface area contributed by atoms with E-state index >= 15 is 0 Å². The number of benzene rings is 1. The average molecular weight is 255 g/mol. The molecule has 0 unspecified atom stereocenters. The summed E-state index contributed by atoms with van der Waals surface area (Å²) in [6, 6.07) is 5.98. The van der Waals surface area contributed by atoms with Crippen LogP contribution >= 0.6 is 11.6 Å². The van der Waals surface area contributed by atoms with Crippen LogP contribution in [0.2, 0.25) is 5.02 Å². The first kappa shape index (κ1) is 14.2. The minimum absolute atomic E-state index is 0.784. The van der Waals surface area contributed by atoms with E-state index in [1.54, 1.807) is 0 Å². The molecule has 3 heteroatoms. The molecule has 0 aliphatic rings. The van der Waals surface area contributed by atoms with Crippen molar-refractivity contribution in [3.05, 3.63) is 23.2 Å². The molecule has 0 aliphatic carbocycles. The molecule has 0 aliphatic heterocycles. The molecule has 0 spiro atoms. The molecule has 1 N–H and O–H groups in total. The van der Waals surface area contributed by atoms with Gasteiger partial charge >= 0.3 is 0 Å². The second kappa shape index (κ2) is 7.44. The molecule has 1 rings (SSSR count). The Morgan fingerprint density at radius 2 is 1.94 bits per heavy atom. The van der Waals surface area contributed by atoms with Crippen LogP contribution in [-0.2, 0) is 0 Å². The van der Waals surface area contributed by atoms with Crippen LogP contribution in [0, 0.1) is 0 Å². The molecule has 0 saturated heterocycles. The van der Waals surface area contributed by atoms with Crippen LogP contribution in [0.4, 0.5) is 11.4 Å². The number of anilines is 2. The van der Waals surface area contributed by atoms with Gasteiger partial charge in [-0.1, -0.05) is 37.8 Å². The fourth-order valence-corrected chi connectivity index (χ4v) is 1.99. The summed E-state index contributed by atoms with van der Waals surface area (Å²) in [4.78, 5) is 2.10. The first-order valence-electron chi connectivity index (χ1n) is 6.36. The number of unbranched alkanes of at least 4 members (excludes halogenated alkanes) is 3. The molecule has 0 radical (unpaired) electrons. The third-order valence-corrected chi connectivity index (χ3v) is 3.02. The molecule has 0 amide bonds. The van der Waals surface area contributed by atoms with E-state index in [1.807, 2.05) is 26.2 Å². The monoisotopic (exact) mass is 254 g/mol. The minimum Gasteiger partial charge on any atom is -0.383 e. The van der Waals surface area contributed by atoms with Gasteiger partial charge in [0, 0.05) is 25.7 Å². The molecule has 0 heterocycles. The summed E-state index contributed by atoms with van der Waals surface area (Å²) in [6.07, 6.45) is 5.10. The third-order valence-electron chi connectivity index (χ3n) is 2.79. The van der Waals surface area contributed by atoms with Crippen LogP contribution in [-0.4, -0.2) is 20.6 Å². The number of hydrogen-bond acceptors (Lipinski definition) is 2. The first-order valence-corrected chi connectivity index (χ1v) is 6.73. The van der Waals surface area contributed by atoms with Crippen molar-refractivity contribution in [3.8, 4) is 0 Å². The van der Waals surface area contributed by atoms with Crippen molar-refractivity contribution in [2.45, 2.75) is 32.6 Å². The van der Waals surface area contributed by atoms with Gasteiger partial charge in [0.05, 0.1) is 11.4 Å². The lowest BCUT2D eigenvalue weighted by Gasteiger charge is -2.18. The van der Waals surface area contributed by atoms with E-state index in [2.05, 4.69) is 23.2 Å². The highest BCUT2D eigenvalue weighted by atomic mass is 35.5. The number of nitrogens with one attached hydrogen (secondary N) is 1. The van der Waals surface area contributed by atoms with Crippen LogP contribution in [0.3, 0.4) is 0 Å². The molecular formula is C14H23ClN2. The van der Waals surface area contributed by atoms with Crippen molar-refractivity contribution in [1.82, 2.24) is 0 Å². The quantitative estimate of drug-likeness (QED) is 0.726. The number of rotatable bonds is 7. The highest BCUT2D eigenvalue weighted by molar-refractivity contribution is 6.31. The molecule has 0 fully saturated rings. The van der Waals surface area contributed by atoms with Crippen LogP contribution < -0.4 is 10.2 Å². The van der Waals surface area contributed by atoms with Crippen molar-refractivity contribution in [3.63, 3.8) is 0 Å². The predicted molar refractivity (Wildman–Crippen MR) is 78.4 cm³/mol. The first-order chi connectivity index (χ1) is 8.15. The van der Waals surface area contributed by atoms with Gasteiger partial charge in [-0.25, -0.2) is 0 Å². The van der Waals surface area contributed by atoms with Gasteiger partial charge in [-0.15, -0.1) is 0 Å². The normalized spacial score (nSPS) is 10.4. The zero-order chi connectivity index (χ0) is 12.7. The second-order valence-electron chi connectivity index (χ2n) is 4.54. The van der Waals surface area contributed by atoms with E-state index in [4.69, 9.17) is 11.6 Å². The Labute approximate surface area is 110 Å². The van der Waals surface area contributed by atoms with E-state index in [-0.39, 0.29) is 0 Å². The lowest BCUT2D eigenvalue weighted by molar-refractivity contribution is 0.685. The maximum absolute atomic E-state index is 6.03. The summed E-state index contributed by atoms with van der Waals surface area (Å²) in [6.45, 7) is 3.25. The van der Waals surface area contributed by atoms with Gasteiger partial charge in [-0.2, -0.15) is 0 Å². The summed E-state index contributed by atoms with van der Waals surface area (Å²) in [7, 11) is 4.09. The Bertz CT molecular complexity index is 337. The average Bonchev–Trinajstić information content (AvgIpc) is 2.28. The van der Waals surface area contributed by atoms with Crippen molar-refractivity contribution >= 4 is 23.0 Å². The molecule has 0 atom stereocenters. The summed E-state index contributed by atoms with van der Waals surface area (Å²) in [5.74, 6) is 0. The smallest absolute Gasteiger partial charge is 0.0597 e. The lowest BCUT2D eigenvalue weighted by atomic mass is 10.2. The fourth-order valence-electron chi connectivity index (χ4n) is 1.81. The predicted octanol–water partition coefficient (Wildman–Crippen LogP) is 4.40. The lowest BCUT2D eigenvalue weighted by Crippen LogP contribution is -2.12. The molecule has 96 valence electrons. The highest BCUT2D eigenvalue weighted by Gasteiger charge is 2.04. The van der Waals surface area contributed by atoms with E-state index in [0.717, 1.165) is 17.3 Å². The number of hydrogen-bond donors (Lipinski definition) is 1. The number of nitrogens with zero attached hydrogens (tertiary/aromatic N) is 1. The van der Waals surface area contributed by atoms with E-state index in [0.29, 0.717) is 0 Å². The van der Waals surface area contributed by atoms with Gasteiger partial charge in [-0.3, -0.25) is 0 Å². The third kappa shape index (κ3) is 4.86. The zero-order valence-corrected chi connectivity index (χ0v) is 11.8. The van der Waals surface area contributed by atoms with Gasteiger partial charge in [-0.05, 0) is 24.6 Å². The van der Waals surface area contributed by atoms with Gasteiger partial charge in [0.15, 0.2) is 0 Å². The standard InChI is InChI=1S/C14H23ClN2/c1-4-5-6-7-10-16-13-11-12(15)8-9-14(13)17(2)3/h8-9,11,16H,4-7,10H2,1-3H3. The Balaban J connectivity index is 2.53. The number of halogens is 1. The summed E-state index contributed by atoms with van der Waals surface area (Å²) in [5, 5.41) is 4.25. The van der Waals surface area contributed by atoms with Crippen molar-refractivity contribution in [2.75, 3.05) is 30.9 Å². The molecule has 0 bridgehead atoms. The Morgan fingerprint density at radius 3 is 2.59 bits per heavy atom.